The van der Waals surface area contributed by atoms with Crippen LogP contribution in [-0.4, -0.2) is 9.55 Å². The van der Waals surface area contributed by atoms with E-state index in [4.69, 9.17) is 11.6 Å². The summed E-state index contributed by atoms with van der Waals surface area (Å²) >= 11 is 7.30. The lowest BCUT2D eigenvalue weighted by Gasteiger charge is -2.08. The maximum Gasteiger partial charge on any atom is 0.287 e. The zero-order valence-corrected chi connectivity index (χ0v) is 14.4. The third kappa shape index (κ3) is 3.68. The Hall–Kier alpha value is -2.11. The highest BCUT2D eigenvalue weighted by Crippen LogP contribution is 2.24. The Morgan fingerprint density at radius 2 is 2.08 bits per heavy atom. The topological polar surface area (TPSA) is 34.9 Å². The standard InChI is InChI=1S/C18H14ClFN2OS/c1-12-3-2-4-15(9-12)22-8-7-21-17(18(22)23)24-11-13-5-6-14(20)10-16(13)19/h2-10H,11H2,1H3. The zero-order valence-electron chi connectivity index (χ0n) is 12.9. The molecule has 0 aliphatic rings. The Bertz CT molecular complexity index is 942. The minimum Gasteiger partial charge on any atom is -0.280 e. The van der Waals surface area contributed by atoms with Gasteiger partial charge in [0.2, 0.25) is 0 Å². The first-order chi connectivity index (χ1) is 11.5. The van der Waals surface area contributed by atoms with Gasteiger partial charge in [-0.15, -0.1) is 0 Å². The highest BCUT2D eigenvalue weighted by Gasteiger charge is 2.09. The van der Waals surface area contributed by atoms with Crippen LogP contribution in [0.1, 0.15) is 11.1 Å². The first-order valence-electron chi connectivity index (χ1n) is 7.26. The number of aromatic nitrogens is 2. The maximum atomic E-state index is 13.1. The van der Waals surface area contributed by atoms with Crippen molar-refractivity contribution in [2.75, 3.05) is 0 Å². The second-order valence-electron chi connectivity index (χ2n) is 5.27. The first kappa shape index (κ1) is 16.7. The second kappa shape index (κ2) is 7.20. The molecule has 0 spiro atoms. The Labute approximate surface area is 148 Å². The lowest BCUT2D eigenvalue weighted by atomic mass is 10.2. The molecule has 0 aliphatic heterocycles. The van der Waals surface area contributed by atoms with Gasteiger partial charge in [0.25, 0.3) is 5.56 Å². The van der Waals surface area contributed by atoms with Gasteiger partial charge in [-0.25, -0.2) is 9.37 Å². The molecule has 0 unspecified atom stereocenters. The van der Waals surface area contributed by atoms with Crippen molar-refractivity contribution in [2.24, 2.45) is 0 Å². The third-order valence-electron chi connectivity index (χ3n) is 3.47. The van der Waals surface area contributed by atoms with Crippen LogP contribution in [0, 0.1) is 12.7 Å². The van der Waals surface area contributed by atoms with Crippen molar-refractivity contribution < 1.29 is 4.39 Å². The van der Waals surface area contributed by atoms with Crippen molar-refractivity contribution in [3.05, 3.63) is 87.2 Å². The lowest BCUT2D eigenvalue weighted by Crippen LogP contribution is -2.20. The molecule has 0 bridgehead atoms. The van der Waals surface area contributed by atoms with Gasteiger partial charge in [0, 0.05) is 28.9 Å². The maximum absolute atomic E-state index is 13.1. The predicted octanol–water partition coefficient (Wildman–Crippen LogP) is 4.63. The van der Waals surface area contributed by atoms with Crippen molar-refractivity contribution in [3.63, 3.8) is 0 Å². The molecule has 1 aromatic heterocycles. The van der Waals surface area contributed by atoms with Crippen LogP contribution >= 0.6 is 23.4 Å². The van der Waals surface area contributed by atoms with E-state index in [1.165, 1.54) is 23.9 Å². The van der Waals surface area contributed by atoms with Crippen molar-refractivity contribution in [1.29, 1.82) is 0 Å². The summed E-state index contributed by atoms with van der Waals surface area (Å²) in [5.74, 6) is 0.0625. The van der Waals surface area contributed by atoms with Gasteiger partial charge in [0.1, 0.15) is 5.82 Å². The van der Waals surface area contributed by atoms with E-state index < -0.39 is 0 Å². The molecule has 24 heavy (non-hydrogen) atoms. The van der Waals surface area contributed by atoms with Gasteiger partial charge in [-0.1, -0.05) is 41.6 Å². The number of hydrogen-bond acceptors (Lipinski definition) is 3. The van der Waals surface area contributed by atoms with E-state index in [1.54, 1.807) is 23.0 Å². The quantitative estimate of drug-likeness (QED) is 0.636. The van der Waals surface area contributed by atoms with Gasteiger partial charge in [-0.05, 0) is 42.3 Å². The molecule has 0 atom stereocenters. The lowest BCUT2D eigenvalue weighted by molar-refractivity contribution is 0.627. The van der Waals surface area contributed by atoms with Crippen LogP contribution in [0.25, 0.3) is 5.69 Å². The Morgan fingerprint density at radius 3 is 2.83 bits per heavy atom. The molecule has 0 amide bonds. The fourth-order valence-corrected chi connectivity index (χ4v) is 3.47. The van der Waals surface area contributed by atoms with E-state index in [9.17, 15) is 9.18 Å². The number of thioether (sulfide) groups is 1. The van der Waals surface area contributed by atoms with E-state index >= 15 is 0 Å². The SMILES string of the molecule is Cc1cccc(-n2ccnc(SCc3ccc(F)cc3Cl)c2=O)c1. The normalized spacial score (nSPS) is 10.8. The summed E-state index contributed by atoms with van der Waals surface area (Å²) in [7, 11) is 0. The van der Waals surface area contributed by atoms with E-state index in [2.05, 4.69) is 4.98 Å². The van der Waals surface area contributed by atoms with Gasteiger partial charge < -0.3 is 0 Å². The predicted molar refractivity (Wildman–Crippen MR) is 95.5 cm³/mol. The summed E-state index contributed by atoms with van der Waals surface area (Å²) in [4.78, 5) is 16.8. The fourth-order valence-electron chi connectivity index (χ4n) is 2.26. The molecule has 3 nitrogen and oxygen atoms in total. The number of nitrogens with zero attached hydrogens (tertiary/aromatic N) is 2. The second-order valence-corrected chi connectivity index (χ2v) is 6.64. The van der Waals surface area contributed by atoms with Gasteiger partial charge in [-0.3, -0.25) is 9.36 Å². The number of benzene rings is 2. The van der Waals surface area contributed by atoms with Crippen LogP contribution in [0.3, 0.4) is 0 Å². The van der Waals surface area contributed by atoms with Crippen molar-refractivity contribution in [1.82, 2.24) is 9.55 Å². The molecule has 1 heterocycles. The largest absolute Gasteiger partial charge is 0.287 e. The molecule has 2 aromatic carbocycles. The molecule has 0 aliphatic carbocycles. The van der Waals surface area contributed by atoms with Crippen molar-refractivity contribution in [2.45, 2.75) is 17.7 Å². The summed E-state index contributed by atoms with van der Waals surface area (Å²) in [6, 6.07) is 11.9. The summed E-state index contributed by atoms with van der Waals surface area (Å²) in [5, 5.41) is 0.719. The molecule has 0 radical (unpaired) electrons. The van der Waals surface area contributed by atoms with Crippen LogP contribution in [0.4, 0.5) is 4.39 Å². The smallest absolute Gasteiger partial charge is 0.280 e. The Kier molecular flexibility index (Phi) is 5.02. The average Bonchev–Trinajstić information content (AvgIpc) is 2.55. The summed E-state index contributed by atoms with van der Waals surface area (Å²) in [6.45, 7) is 1.97. The molecule has 0 fully saturated rings. The van der Waals surface area contributed by atoms with Crippen LogP contribution in [0.5, 0.6) is 0 Å². The van der Waals surface area contributed by atoms with Crippen LogP contribution in [-0.2, 0) is 5.75 Å². The minimum absolute atomic E-state index is 0.189. The summed E-state index contributed by atoms with van der Waals surface area (Å²) in [6.07, 6.45) is 3.24. The van der Waals surface area contributed by atoms with Gasteiger partial charge in [0.15, 0.2) is 5.03 Å². The molecule has 122 valence electrons. The van der Waals surface area contributed by atoms with Crippen LogP contribution in [0.2, 0.25) is 5.02 Å². The van der Waals surface area contributed by atoms with Gasteiger partial charge in [0.05, 0.1) is 0 Å². The van der Waals surface area contributed by atoms with Gasteiger partial charge >= 0.3 is 0 Å². The molecule has 3 aromatic rings. The molecule has 0 saturated heterocycles. The Morgan fingerprint density at radius 1 is 1.25 bits per heavy atom. The Balaban J connectivity index is 1.87. The number of hydrogen-bond donors (Lipinski definition) is 0. The van der Waals surface area contributed by atoms with Crippen molar-refractivity contribution in [3.8, 4) is 5.69 Å². The highest BCUT2D eigenvalue weighted by molar-refractivity contribution is 7.98. The van der Waals surface area contributed by atoms with Crippen LogP contribution < -0.4 is 5.56 Å². The van der Waals surface area contributed by atoms with E-state index in [0.717, 1.165) is 16.8 Å². The third-order valence-corrected chi connectivity index (χ3v) is 4.83. The van der Waals surface area contributed by atoms with E-state index in [0.29, 0.717) is 15.8 Å². The zero-order chi connectivity index (χ0) is 17.1. The summed E-state index contributed by atoms with van der Waals surface area (Å²) < 4.78 is 14.7. The first-order valence-corrected chi connectivity index (χ1v) is 8.62. The minimum atomic E-state index is -0.381. The molecule has 6 heteroatoms. The number of halogens is 2. The number of rotatable bonds is 4. The average molecular weight is 361 g/mol. The molecule has 0 saturated carbocycles. The van der Waals surface area contributed by atoms with Gasteiger partial charge in [-0.2, -0.15) is 0 Å². The molecule has 3 rings (SSSR count). The molecule has 0 N–H and O–H groups in total. The molecular formula is C18H14ClFN2OS. The monoisotopic (exact) mass is 360 g/mol. The highest BCUT2D eigenvalue weighted by atomic mass is 35.5. The summed E-state index contributed by atoms with van der Waals surface area (Å²) in [5.41, 5.74) is 2.44. The van der Waals surface area contributed by atoms with Crippen LogP contribution in [0.15, 0.2) is 64.7 Å². The fraction of sp³-hybridized carbons (Fsp3) is 0.111. The molecular weight excluding hydrogens is 347 g/mol. The van der Waals surface area contributed by atoms with E-state index in [1.807, 2.05) is 31.2 Å². The van der Waals surface area contributed by atoms with E-state index in [-0.39, 0.29) is 11.4 Å². The van der Waals surface area contributed by atoms with Crippen molar-refractivity contribution >= 4 is 23.4 Å². The number of aryl methyl sites for hydroxylation is 1.